The average molecular weight is 208 g/mol. The molecule has 1 rings (SSSR count). The van der Waals surface area contributed by atoms with Gasteiger partial charge in [-0.25, -0.2) is 0 Å². The van der Waals surface area contributed by atoms with Crippen LogP contribution in [0.5, 0.6) is 5.75 Å². The summed E-state index contributed by atoms with van der Waals surface area (Å²) in [5.74, 6) is 0.0986. The Hall–Kier alpha value is -1.51. The molecule has 3 nitrogen and oxygen atoms in total. The number of benzene rings is 1. The van der Waals surface area contributed by atoms with Crippen molar-refractivity contribution in [3.05, 3.63) is 29.3 Å². The van der Waals surface area contributed by atoms with Crippen molar-refractivity contribution < 1.29 is 14.6 Å². The number of hydrogen-bond donors (Lipinski definition) is 1. The molecule has 0 unspecified atom stereocenters. The number of aliphatic carboxylic acids is 1. The summed E-state index contributed by atoms with van der Waals surface area (Å²) < 4.78 is 5.24. The van der Waals surface area contributed by atoms with Gasteiger partial charge in [-0.3, -0.25) is 4.79 Å². The van der Waals surface area contributed by atoms with Crippen molar-refractivity contribution in [1.29, 1.82) is 0 Å². The highest BCUT2D eigenvalue weighted by Gasteiger charge is 2.04. The summed E-state index contributed by atoms with van der Waals surface area (Å²) in [6.07, 6.45) is 1.60. The smallest absolute Gasteiger partial charge is 0.303 e. The second-order valence-electron chi connectivity index (χ2n) is 3.56. The van der Waals surface area contributed by atoms with Crippen LogP contribution in [0, 0.1) is 6.92 Å². The molecule has 15 heavy (non-hydrogen) atoms. The van der Waals surface area contributed by atoms with Gasteiger partial charge in [0.1, 0.15) is 5.75 Å². The second kappa shape index (κ2) is 5.39. The lowest BCUT2D eigenvalue weighted by Gasteiger charge is -2.08. The van der Waals surface area contributed by atoms with Crippen LogP contribution in [0.15, 0.2) is 18.2 Å². The number of methoxy groups -OCH3 is 1. The summed E-state index contributed by atoms with van der Waals surface area (Å²) in [6, 6.07) is 5.98. The summed E-state index contributed by atoms with van der Waals surface area (Å²) in [5, 5.41) is 8.53. The van der Waals surface area contributed by atoms with Crippen LogP contribution in [-0.4, -0.2) is 18.2 Å². The first-order valence-electron chi connectivity index (χ1n) is 4.99. The first kappa shape index (κ1) is 11.6. The molecule has 0 spiro atoms. The van der Waals surface area contributed by atoms with E-state index < -0.39 is 5.97 Å². The van der Waals surface area contributed by atoms with Crippen molar-refractivity contribution in [1.82, 2.24) is 0 Å². The summed E-state index contributed by atoms with van der Waals surface area (Å²) in [4.78, 5) is 10.4. The maximum atomic E-state index is 10.4. The normalized spacial score (nSPS) is 10.0. The minimum Gasteiger partial charge on any atom is -0.496 e. The molecule has 1 aromatic carbocycles. The van der Waals surface area contributed by atoms with E-state index in [0.29, 0.717) is 6.42 Å². The van der Waals surface area contributed by atoms with Gasteiger partial charge in [-0.1, -0.05) is 12.1 Å². The summed E-state index contributed by atoms with van der Waals surface area (Å²) in [7, 11) is 1.63. The standard InChI is InChI=1S/C12H16O3/c1-9-6-7-10(11(8-9)15-2)4-3-5-12(13)14/h6-8H,3-5H2,1-2H3,(H,13,14). The monoisotopic (exact) mass is 208 g/mol. The number of aryl methyl sites for hydroxylation is 2. The SMILES string of the molecule is COc1cc(C)ccc1CCCC(=O)O. The van der Waals surface area contributed by atoms with Gasteiger partial charge in [0.2, 0.25) is 0 Å². The van der Waals surface area contributed by atoms with Gasteiger partial charge < -0.3 is 9.84 Å². The number of carboxylic acid groups (broad SMARTS) is 1. The molecular weight excluding hydrogens is 192 g/mol. The van der Waals surface area contributed by atoms with E-state index in [-0.39, 0.29) is 6.42 Å². The topological polar surface area (TPSA) is 46.5 Å². The van der Waals surface area contributed by atoms with Crippen molar-refractivity contribution in [3.63, 3.8) is 0 Å². The second-order valence-corrected chi connectivity index (χ2v) is 3.56. The molecule has 0 aromatic heterocycles. The first-order chi connectivity index (χ1) is 7.13. The number of ether oxygens (including phenoxy) is 1. The molecular formula is C12H16O3. The largest absolute Gasteiger partial charge is 0.496 e. The molecule has 0 bridgehead atoms. The minimum atomic E-state index is -0.749. The van der Waals surface area contributed by atoms with Crippen LogP contribution in [0.3, 0.4) is 0 Å². The minimum absolute atomic E-state index is 0.205. The van der Waals surface area contributed by atoms with Crippen LogP contribution in [-0.2, 0) is 11.2 Å². The molecule has 0 aliphatic rings. The molecule has 0 aliphatic heterocycles. The number of rotatable bonds is 5. The van der Waals surface area contributed by atoms with E-state index in [1.165, 1.54) is 0 Å². The summed E-state index contributed by atoms with van der Waals surface area (Å²) >= 11 is 0. The Labute approximate surface area is 89.7 Å². The lowest BCUT2D eigenvalue weighted by molar-refractivity contribution is -0.137. The van der Waals surface area contributed by atoms with Crippen molar-refractivity contribution >= 4 is 5.97 Å². The Bertz CT molecular complexity index is 345. The molecule has 0 aliphatic carbocycles. The van der Waals surface area contributed by atoms with Crippen LogP contribution < -0.4 is 4.74 Å². The molecule has 1 N–H and O–H groups in total. The van der Waals surface area contributed by atoms with E-state index in [1.54, 1.807) is 7.11 Å². The fourth-order valence-electron chi connectivity index (χ4n) is 1.49. The van der Waals surface area contributed by atoms with Crippen LogP contribution in [0.4, 0.5) is 0 Å². The highest BCUT2D eigenvalue weighted by atomic mass is 16.5. The van der Waals surface area contributed by atoms with Crippen LogP contribution in [0.1, 0.15) is 24.0 Å². The first-order valence-corrected chi connectivity index (χ1v) is 4.99. The Morgan fingerprint density at radius 3 is 2.80 bits per heavy atom. The maximum Gasteiger partial charge on any atom is 0.303 e. The summed E-state index contributed by atoms with van der Waals surface area (Å²) in [6.45, 7) is 2.00. The molecule has 0 radical (unpaired) electrons. The third kappa shape index (κ3) is 3.62. The Balaban J connectivity index is 2.63. The fraction of sp³-hybridized carbons (Fsp3) is 0.417. The third-order valence-electron chi connectivity index (χ3n) is 2.28. The van der Waals surface area contributed by atoms with E-state index in [2.05, 4.69) is 0 Å². The maximum absolute atomic E-state index is 10.4. The average Bonchev–Trinajstić information content (AvgIpc) is 2.19. The van der Waals surface area contributed by atoms with Crippen LogP contribution in [0.2, 0.25) is 0 Å². The quantitative estimate of drug-likeness (QED) is 0.808. The third-order valence-corrected chi connectivity index (χ3v) is 2.28. The highest BCUT2D eigenvalue weighted by molar-refractivity contribution is 5.66. The van der Waals surface area contributed by atoms with Gasteiger partial charge in [0.25, 0.3) is 0 Å². The van der Waals surface area contributed by atoms with E-state index in [0.717, 1.165) is 23.3 Å². The molecule has 0 fully saturated rings. The zero-order valence-electron chi connectivity index (χ0n) is 9.12. The zero-order chi connectivity index (χ0) is 11.3. The fourth-order valence-corrected chi connectivity index (χ4v) is 1.49. The van der Waals surface area contributed by atoms with Crippen molar-refractivity contribution in [2.45, 2.75) is 26.2 Å². The van der Waals surface area contributed by atoms with E-state index >= 15 is 0 Å². The molecule has 0 saturated heterocycles. The van der Waals surface area contributed by atoms with Gasteiger partial charge in [-0.2, -0.15) is 0 Å². The van der Waals surface area contributed by atoms with Gasteiger partial charge in [-0.15, -0.1) is 0 Å². The summed E-state index contributed by atoms with van der Waals surface area (Å²) in [5.41, 5.74) is 2.22. The van der Waals surface area contributed by atoms with Crippen molar-refractivity contribution in [2.24, 2.45) is 0 Å². The van der Waals surface area contributed by atoms with Gasteiger partial charge >= 0.3 is 5.97 Å². The Morgan fingerprint density at radius 1 is 1.47 bits per heavy atom. The molecule has 0 amide bonds. The lowest BCUT2D eigenvalue weighted by atomic mass is 10.1. The van der Waals surface area contributed by atoms with E-state index in [4.69, 9.17) is 9.84 Å². The van der Waals surface area contributed by atoms with E-state index in [9.17, 15) is 4.79 Å². The van der Waals surface area contributed by atoms with Gasteiger partial charge in [0.15, 0.2) is 0 Å². The number of hydrogen-bond acceptors (Lipinski definition) is 2. The van der Waals surface area contributed by atoms with E-state index in [1.807, 2.05) is 25.1 Å². The van der Waals surface area contributed by atoms with Crippen LogP contribution >= 0.6 is 0 Å². The van der Waals surface area contributed by atoms with Gasteiger partial charge in [-0.05, 0) is 37.0 Å². The van der Waals surface area contributed by atoms with Crippen molar-refractivity contribution in [3.8, 4) is 5.75 Å². The molecule has 0 heterocycles. The number of carboxylic acids is 1. The molecule has 0 atom stereocenters. The van der Waals surface area contributed by atoms with Crippen molar-refractivity contribution in [2.75, 3.05) is 7.11 Å². The predicted octanol–water partition coefficient (Wildman–Crippen LogP) is 2.41. The number of carbonyl (C=O) groups is 1. The zero-order valence-corrected chi connectivity index (χ0v) is 9.12. The molecule has 1 aromatic rings. The van der Waals surface area contributed by atoms with Gasteiger partial charge in [0.05, 0.1) is 7.11 Å². The molecule has 0 saturated carbocycles. The predicted molar refractivity (Wildman–Crippen MR) is 58.3 cm³/mol. The Morgan fingerprint density at radius 2 is 2.20 bits per heavy atom. The van der Waals surface area contributed by atoms with Gasteiger partial charge in [0, 0.05) is 6.42 Å². The molecule has 3 heteroatoms. The highest BCUT2D eigenvalue weighted by Crippen LogP contribution is 2.21. The Kier molecular flexibility index (Phi) is 4.16. The lowest BCUT2D eigenvalue weighted by Crippen LogP contribution is -1.98. The molecule has 82 valence electrons. The van der Waals surface area contributed by atoms with Crippen LogP contribution in [0.25, 0.3) is 0 Å².